The highest BCUT2D eigenvalue weighted by atomic mass is 16.1. The summed E-state index contributed by atoms with van der Waals surface area (Å²) in [6.45, 7) is 1.88. The standard InChI is InChI=1S/C16H22N6O/c1-10-20-14(17-2)13-15(21-10)22(9-19-13)12-6-4-5-11(7-8-12)16(23)18-3/h4,6,9,11-12H,5,7-8H2,1-3H3,(H,18,23)(H,17,20,21). The molecule has 0 saturated heterocycles. The first-order valence-corrected chi connectivity index (χ1v) is 7.91. The van der Waals surface area contributed by atoms with Gasteiger partial charge in [0.2, 0.25) is 5.91 Å². The van der Waals surface area contributed by atoms with Crippen molar-refractivity contribution in [3.63, 3.8) is 0 Å². The zero-order chi connectivity index (χ0) is 16.4. The highest BCUT2D eigenvalue weighted by molar-refractivity contribution is 5.83. The van der Waals surface area contributed by atoms with Crippen molar-refractivity contribution in [2.75, 3.05) is 19.4 Å². The number of anilines is 1. The van der Waals surface area contributed by atoms with Crippen molar-refractivity contribution >= 4 is 22.9 Å². The number of fused-ring (bicyclic) bond motifs is 1. The smallest absolute Gasteiger partial charge is 0.223 e. The summed E-state index contributed by atoms with van der Waals surface area (Å²) >= 11 is 0. The molecule has 2 aromatic heterocycles. The van der Waals surface area contributed by atoms with Gasteiger partial charge in [0.1, 0.15) is 11.3 Å². The Hall–Kier alpha value is -2.44. The van der Waals surface area contributed by atoms with Gasteiger partial charge in [0.05, 0.1) is 12.4 Å². The van der Waals surface area contributed by atoms with Crippen LogP contribution in [0.5, 0.6) is 0 Å². The number of imidazole rings is 1. The second-order valence-electron chi connectivity index (χ2n) is 5.81. The van der Waals surface area contributed by atoms with Gasteiger partial charge < -0.3 is 15.2 Å². The zero-order valence-corrected chi connectivity index (χ0v) is 13.7. The fraction of sp³-hybridized carbons (Fsp3) is 0.500. The average molecular weight is 314 g/mol. The topological polar surface area (TPSA) is 84.7 Å². The van der Waals surface area contributed by atoms with Crippen molar-refractivity contribution < 1.29 is 4.79 Å². The maximum absolute atomic E-state index is 11.9. The molecule has 3 rings (SSSR count). The van der Waals surface area contributed by atoms with Gasteiger partial charge in [-0.1, -0.05) is 12.2 Å². The van der Waals surface area contributed by atoms with Gasteiger partial charge in [0.25, 0.3) is 0 Å². The molecule has 0 fully saturated rings. The molecule has 7 nitrogen and oxygen atoms in total. The van der Waals surface area contributed by atoms with Crippen LogP contribution in [0.4, 0.5) is 5.82 Å². The molecule has 2 aromatic rings. The summed E-state index contributed by atoms with van der Waals surface area (Å²) < 4.78 is 2.08. The average Bonchev–Trinajstić information content (AvgIpc) is 2.82. The van der Waals surface area contributed by atoms with E-state index in [4.69, 9.17) is 0 Å². The Kier molecular flexibility index (Phi) is 4.27. The van der Waals surface area contributed by atoms with Crippen molar-refractivity contribution in [1.82, 2.24) is 24.8 Å². The lowest BCUT2D eigenvalue weighted by Crippen LogP contribution is -2.26. The molecular formula is C16H22N6O. The lowest BCUT2D eigenvalue weighted by molar-refractivity contribution is -0.124. The van der Waals surface area contributed by atoms with Gasteiger partial charge >= 0.3 is 0 Å². The molecule has 0 saturated carbocycles. The maximum Gasteiger partial charge on any atom is 0.223 e. The maximum atomic E-state index is 11.9. The molecule has 2 heterocycles. The number of amides is 1. The number of allylic oxidation sites excluding steroid dienone is 2. The van der Waals surface area contributed by atoms with E-state index in [1.54, 1.807) is 7.05 Å². The van der Waals surface area contributed by atoms with E-state index in [2.05, 4.69) is 42.3 Å². The summed E-state index contributed by atoms with van der Waals surface area (Å²) in [5.74, 6) is 1.61. The predicted octanol–water partition coefficient (Wildman–Crippen LogP) is 1.82. The monoisotopic (exact) mass is 314 g/mol. The van der Waals surface area contributed by atoms with Gasteiger partial charge in [0.15, 0.2) is 11.5 Å². The zero-order valence-electron chi connectivity index (χ0n) is 13.7. The van der Waals surface area contributed by atoms with Crippen LogP contribution in [0.3, 0.4) is 0 Å². The van der Waals surface area contributed by atoms with Gasteiger partial charge in [-0.15, -0.1) is 0 Å². The van der Waals surface area contributed by atoms with Crippen LogP contribution < -0.4 is 10.6 Å². The Morgan fingerprint density at radius 2 is 2.13 bits per heavy atom. The first-order valence-electron chi connectivity index (χ1n) is 7.91. The van der Waals surface area contributed by atoms with E-state index in [1.165, 1.54) is 0 Å². The molecule has 7 heteroatoms. The summed E-state index contributed by atoms with van der Waals surface area (Å²) in [6, 6.07) is 0.161. The van der Waals surface area contributed by atoms with Crippen molar-refractivity contribution in [3.05, 3.63) is 24.3 Å². The summed E-state index contributed by atoms with van der Waals surface area (Å²) in [5, 5.41) is 5.81. The fourth-order valence-corrected chi connectivity index (χ4v) is 3.10. The van der Waals surface area contributed by atoms with Crippen LogP contribution in [0.2, 0.25) is 0 Å². The van der Waals surface area contributed by atoms with Crippen molar-refractivity contribution in [2.45, 2.75) is 32.2 Å². The van der Waals surface area contributed by atoms with E-state index in [9.17, 15) is 4.79 Å². The molecular weight excluding hydrogens is 292 g/mol. The minimum Gasteiger partial charge on any atom is -0.371 e. The molecule has 122 valence electrons. The van der Waals surface area contributed by atoms with Crippen LogP contribution in [-0.2, 0) is 4.79 Å². The second kappa shape index (κ2) is 6.36. The molecule has 23 heavy (non-hydrogen) atoms. The minimum atomic E-state index is 0.0419. The summed E-state index contributed by atoms with van der Waals surface area (Å²) in [4.78, 5) is 25.3. The molecule has 1 amide bonds. The second-order valence-corrected chi connectivity index (χ2v) is 5.81. The van der Waals surface area contributed by atoms with Crippen LogP contribution in [-0.4, -0.2) is 39.5 Å². The largest absolute Gasteiger partial charge is 0.371 e. The van der Waals surface area contributed by atoms with Crippen LogP contribution in [0, 0.1) is 12.8 Å². The molecule has 2 unspecified atom stereocenters. The number of aryl methyl sites for hydroxylation is 1. The molecule has 0 radical (unpaired) electrons. The van der Waals surface area contributed by atoms with Gasteiger partial charge in [-0.25, -0.2) is 15.0 Å². The summed E-state index contributed by atoms with van der Waals surface area (Å²) in [5.41, 5.74) is 1.61. The highest BCUT2D eigenvalue weighted by Crippen LogP contribution is 2.29. The van der Waals surface area contributed by atoms with Crippen LogP contribution in [0.15, 0.2) is 18.5 Å². The molecule has 1 aliphatic carbocycles. The van der Waals surface area contributed by atoms with Crippen LogP contribution >= 0.6 is 0 Å². The molecule has 2 atom stereocenters. The van der Waals surface area contributed by atoms with Crippen LogP contribution in [0.25, 0.3) is 11.2 Å². The Morgan fingerprint density at radius 1 is 1.30 bits per heavy atom. The van der Waals surface area contributed by atoms with Crippen LogP contribution in [0.1, 0.15) is 31.1 Å². The molecule has 2 N–H and O–H groups in total. The summed E-state index contributed by atoms with van der Waals surface area (Å²) in [7, 11) is 3.52. The van der Waals surface area contributed by atoms with Gasteiger partial charge in [0, 0.05) is 20.0 Å². The van der Waals surface area contributed by atoms with E-state index in [-0.39, 0.29) is 17.9 Å². The Bertz CT molecular complexity index is 750. The predicted molar refractivity (Wildman–Crippen MR) is 89.2 cm³/mol. The number of rotatable bonds is 3. The Balaban J connectivity index is 1.92. The van der Waals surface area contributed by atoms with Crippen molar-refractivity contribution in [2.24, 2.45) is 5.92 Å². The molecule has 0 aliphatic heterocycles. The van der Waals surface area contributed by atoms with E-state index < -0.39 is 0 Å². The van der Waals surface area contributed by atoms with Gasteiger partial charge in [-0.3, -0.25) is 4.79 Å². The number of nitrogens with zero attached hydrogens (tertiary/aromatic N) is 4. The van der Waals surface area contributed by atoms with Gasteiger partial charge in [-0.05, 0) is 26.2 Å². The first-order chi connectivity index (χ1) is 11.1. The SMILES string of the molecule is CNC(=O)C1CC=CC(n2cnc3c(NC)nc(C)nc32)CC1. The highest BCUT2D eigenvalue weighted by Gasteiger charge is 2.23. The third-order valence-corrected chi connectivity index (χ3v) is 4.33. The van der Waals surface area contributed by atoms with Gasteiger partial charge in [-0.2, -0.15) is 0 Å². The first kappa shape index (κ1) is 15.5. The number of aromatic nitrogens is 4. The minimum absolute atomic E-state index is 0.0419. The van der Waals surface area contributed by atoms with E-state index in [0.29, 0.717) is 5.82 Å². The number of hydrogen-bond donors (Lipinski definition) is 2. The third kappa shape index (κ3) is 2.91. The number of carbonyl (C=O) groups excluding carboxylic acids is 1. The Morgan fingerprint density at radius 3 is 2.87 bits per heavy atom. The Labute approximate surface area is 135 Å². The van der Waals surface area contributed by atoms with E-state index in [1.807, 2.05) is 20.3 Å². The fourth-order valence-electron chi connectivity index (χ4n) is 3.10. The normalized spacial score (nSPS) is 21.2. The van der Waals surface area contributed by atoms with E-state index in [0.717, 1.165) is 36.2 Å². The molecule has 1 aliphatic rings. The van der Waals surface area contributed by atoms with E-state index >= 15 is 0 Å². The third-order valence-electron chi connectivity index (χ3n) is 4.33. The lowest BCUT2D eigenvalue weighted by atomic mass is 9.99. The number of carbonyl (C=O) groups is 1. The molecule has 0 aromatic carbocycles. The summed E-state index contributed by atoms with van der Waals surface area (Å²) in [6.07, 6.45) is 8.57. The number of nitrogens with one attached hydrogen (secondary N) is 2. The lowest BCUT2D eigenvalue weighted by Gasteiger charge is -2.16. The molecule has 0 spiro atoms. The van der Waals surface area contributed by atoms with Crippen molar-refractivity contribution in [1.29, 1.82) is 0 Å². The van der Waals surface area contributed by atoms with Crippen molar-refractivity contribution in [3.8, 4) is 0 Å². The quantitative estimate of drug-likeness (QED) is 0.844. The molecule has 0 bridgehead atoms. The number of hydrogen-bond acceptors (Lipinski definition) is 5.